The highest BCUT2D eigenvalue weighted by atomic mass is 35.5. The number of hydrogen-bond acceptors (Lipinski definition) is 3. The highest BCUT2D eigenvalue weighted by molar-refractivity contribution is 7.89. The summed E-state index contributed by atoms with van der Waals surface area (Å²) in [6.45, 7) is 6.33. The standard InChI is InChI=1S/C14H21ClN2O3S/c1-4-10(5-2)8-17-14(18)12-6-11(21(16,19)20)7-13(15)9(12)3/h6-7,10H,4-5,8H2,1-3H3,(H,17,18)(H2,16,19,20). The highest BCUT2D eigenvalue weighted by Gasteiger charge is 2.18. The molecule has 0 radical (unpaired) electrons. The van der Waals surface area contributed by atoms with E-state index in [1.165, 1.54) is 12.1 Å². The van der Waals surface area contributed by atoms with Crippen LogP contribution in [0.1, 0.15) is 42.6 Å². The van der Waals surface area contributed by atoms with Crippen LogP contribution in [0.25, 0.3) is 0 Å². The van der Waals surface area contributed by atoms with E-state index in [9.17, 15) is 13.2 Å². The first kappa shape index (κ1) is 17.9. The molecule has 1 aromatic rings. The van der Waals surface area contributed by atoms with Gasteiger partial charge in [-0.15, -0.1) is 0 Å². The fourth-order valence-electron chi connectivity index (χ4n) is 1.96. The summed E-state index contributed by atoms with van der Waals surface area (Å²) in [7, 11) is -3.90. The molecule has 0 spiro atoms. The molecule has 0 unspecified atom stereocenters. The molecular weight excluding hydrogens is 312 g/mol. The maximum absolute atomic E-state index is 12.2. The molecule has 5 nitrogen and oxygen atoms in total. The van der Waals surface area contributed by atoms with Crippen molar-refractivity contribution in [3.63, 3.8) is 0 Å². The maximum Gasteiger partial charge on any atom is 0.251 e. The number of carbonyl (C=O) groups is 1. The summed E-state index contributed by atoms with van der Waals surface area (Å²) in [5.41, 5.74) is 0.767. The van der Waals surface area contributed by atoms with Crippen LogP contribution in [0.2, 0.25) is 5.02 Å². The number of halogens is 1. The molecule has 1 rings (SSSR count). The molecule has 1 aromatic carbocycles. The Bertz CT molecular complexity index is 625. The molecule has 0 aliphatic carbocycles. The Balaban J connectivity index is 3.06. The van der Waals surface area contributed by atoms with E-state index in [1.807, 2.05) is 0 Å². The van der Waals surface area contributed by atoms with Gasteiger partial charge in [0.25, 0.3) is 5.91 Å². The molecule has 7 heteroatoms. The van der Waals surface area contributed by atoms with Crippen LogP contribution in [0.5, 0.6) is 0 Å². The van der Waals surface area contributed by atoms with Crippen molar-refractivity contribution in [1.29, 1.82) is 0 Å². The second-order valence-corrected chi connectivity index (χ2v) is 6.98. The number of nitrogens with one attached hydrogen (secondary N) is 1. The molecule has 0 aliphatic rings. The average Bonchev–Trinajstić information content (AvgIpc) is 2.41. The van der Waals surface area contributed by atoms with Crippen LogP contribution < -0.4 is 10.5 Å². The van der Waals surface area contributed by atoms with Gasteiger partial charge in [-0.05, 0) is 30.5 Å². The van der Waals surface area contributed by atoms with Gasteiger partial charge in [-0.1, -0.05) is 38.3 Å². The average molecular weight is 333 g/mol. The van der Waals surface area contributed by atoms with Crippen LogP contribution in [0.15, 0.2) is 17.0 Å². The van der Waals surface area contributed by atoms with Crippen molar-refractivity contribution in [2.75, 3.05) is 6.54 Å². The molecule has 0 saturated heterocycles. The first-order valence-corrected chi connectivity index (χ1v) is 8.74. The lowest BCUT2D eigenvalue weighted by molar-refractivity contribution is 0.0945. The van der Waals surface area contributed by atoms with E-state index < -0.39 is 10.0 Å². The fraction of sp³-hybridized carbons (Fsp3) is 0.500. The van der Waals surface area contributed by atoms with Gasteiger partial charge in [-0.3, -0.25) is 4.79 Å². The number of hydrogen-bond donors (Lipinski definition) is 2. The molecule has 0 fully saturated rings. The number of rotatable bonds is 6. The van der Waals surface area contributed by atoms with Crippen LogP contribution in [0.3, 0.4) is 0 Å². The van der Waals surface area contributed by atoms with Gasteiger partial charge in [0.05, 0.1) is 4.90 Å². The monoisotopic (exact) mass is 332 g/mol. The van der Waals surface area contributed by atoms with Gasteiger partial charge in [0.2, 0.25) is 10.0 Å². The van der Waals surface area contributed by atoms with E-state index in [0.717, 1.165) is 12.8 Å². The number of primary sulfonamides is 1. The second kappa shape index (κ2) is 7.24. The highest BCUT2D eigenvalue weighted by Crippen LogP contribution is 2.24. The summed E-state index contributed by atoms with van der Waals surface area (Å²) < 4.78 is 22.8. The summed E-state index contributed by atoms with van der Waals surface area (Å²) in [5.74, 6) is 0.0537. The van der Waals surface area contributed by atoms with Crippen molar-refractivity contribution in [1.82, 2.24) is 5.32 Å². The lowest BCUT2D eigenvalue weighted by atomic mass is 10.0. The Labute approximate surface area is 130 Å². The van der Waals surface area contributed by atoms with E-state index in [2.05, 4.69) is 19.2 Å². The molecule has 0 aromatic heterocycles. The van der Waals surface area contributed by atoms with Gasteiger partial charge < -0.3 is 5.32 Å². The fourth-order valence-corrected chi connectivity index (χ4v) is 2.81. The Morgan fingerprint density at radius 3 is 2.38 bits per heavy atom. The van der Waals surface area contributed by atoms with Crippen molar-refractivity contribution in [3.05, 3.63) is 28.3 Å². The van der Waals surface area contributed by atoms with Crippen molar-refractivity contribution in [3.8, 4) is 0 Å². The van der Waals surface area contributed by atoms with Crippen molar-refractivity contribution in [2.24, 2.45) is 11.1 Å². The van der Waals surface area contributed by atoms with Crippen molar-refractivity contribution >= 4 is 27.5 Å². The first-order valence-electron chi connectivity index (χ1n) is 6.81. The summed E-state index contributed by atoms with van der Waals surface area (Å²) >= 11 is 5.99. The van der Waals surface area contributed by atoms with E-state index in [4.69, 9.17) is 16.7 Å². The quantitative estimate of drug-likeness (QED) is 0.838. The number of sulfonamides is 1. The number of carbonyl (C=O) groups excluding carboxylic acids is 1. The maximum atomic E-state index is 12.2. The summed E-state index contributed by atoms with van der Waals surface area (Å²) in [6, 6.07) is 2.52. The van der Waals surface area contributed by atoms with Crippen LogP contribution >= 0.6 is 11.6 Å². The van der Waals surface area contributed by atoms with Crippen LogP contribution in [-0.4, -0.2) is 20.9 Å². The Kier molecular flexibility index (Phi) is 6.19. The molecule has 0 aliphatic heterocycles. The Morgan fingerprint density at radius 1 is 1.33 bits per heavy atom. The van der Waals surface area contributed by atoms with E-state index in [0.29, 0.717) is 18.0 Å². The molecule has 0 saturated carbocycles. The van der Waals surface area contributed by atoms with Crippen LogP contribution in [0, 0.1) is 12.8 Å². The van der Waals surface area contributed by atoms with Gasteiger partial charge in [0.15, 0.2) is 0 Å². The minimum atomic E-state index is -3.90. The summed E-state index contributed by atoms with van der Waals surface area (Å²) in [5, 5.41) is 8.11. The third-order valence-corrected chi connectivity index (χ3v) is 4.88. The van der Waals surface area contributed by atoms with E-state index >= 15 is 0 Å². The lowest BCUT2D eigenvalue weighted by Crippen LogP contribution is -2.29. The number of amides is 1. The number of nitrogens with two attached hydrogens (primary N) is 1. The van der Waals surface area contributed by atoms with Gasteiger partial charge in [0, 0.05) is 17.1 Å². The van der Waals surface area contributed by atoms with Gasteiger partial charge in [0.1, 0.15) is 0 Å². The molecule has 3 N–H and O–H groups in total. The van der Waals surface area contributed by atoms with E-state index in [1.54, 1.807) is 6.92 Å². The molecular formula is C14H21ClN2O3S. The van der Waals surface area contributed by atoms with Crippen molar-refractivity contribution in [2.45, 2.75) is 38.5 Å². The van der Waals surface area contributed by atoms with Crippen molar-refractivity contribution < 1.29 is 13.2 Å². The molecule has 1 amide bonds. The first-order chi connectivity index (χ1) is 9.70. The predicted molar refractivity (Wildman–Crippen MR) is 84.0 cm³/mol. The molecule has 21 heavy (non-hydrogen) atoms. The van der Waals surface area contributed by atoms with Gasteiger partial charge in [-0.25, -0.2) is 13.6 Å². The van der Waals surface area contributed by atoms with Crippen LogP contribution in [-0.2, 0) is 10.0 Å². The second-order valence-electron chi connectivity index (χ2n) is 5.02. The Hall–Kier alpha value is -1.11. The minimum Gasteiger partial charge on any atom is -0.352 e. The van der Waals surface area contributed by atoms with Gasteiger partial charge in [-0.2, -0.15) is 0 Å². The zero-order valence-electron chi connectivity index (χ0n) is 12.4. The van der Waals surface area contributed by atoms with Crippen LogP contribution in [0.4, 0.5) is 0 Å². The zero-order chi connectivity index (χ0) is 16.2. The largest absolute Gasteiger partial charge is 0.352 e. The predicted octanol–water partition coefficient (Wildman–Crippen LogP) is 2.46. The summed E-state index contributed by atoms with van der Waals surface area (Å²) in [4.78, 5) is 12.1. The lowest BCUT2D eigenvalue weighted by Gasteiger charge is -2.15. The summed E-state index contributed by atoms with van der Waals surface area (Å²) in [6.07, 6.45) is 1.93. The third-order valence-electron chi connectivity index (χ3n) is 3.60. The molecule has 0 bridgehead atoms. The number of benzene rings is 1. The topological polar surface area (TPSA) is 89.3 Å². The SMILES string of the molecule is CCC(CC)CNC(=O)c1cc(S(N)(=O)=O)cc(Cl)c1C. The molecule has 118 valence electrons. The molecule has 0 atom stereocenters. The van der Waals surface area contributed by atoms with Gasteiger partial charge >= 0.3 is 0 Å². The Morgan fingerprint density at radius 2 is 1.90 bits per heavy atom. The smallest absolute Gasteiger partial charge is 0.251 e. The van der Waals surface area contributed by atoms with E-state index in [-0.39, 0.29) is 21.4 Å². The third kappa shape index (κ3) is 4.69. The zero-order valence-corrected chi connectivity index (χ0v) is 14.0. The minimum absolute atomic E-state index is 0.161. The normalized spacial score (nSPS) is 11.7. The molecule has 0 heterocycles.